The molecule has 5 nitrogen and oxygen atoms in total. The lowest BCUT2D eigenvalue weighted by atomic mass is 9.67. The number of rotatable bonds is 5. The second kappa shape index (κ2) is 8.07. The molecule has 2 aromatic rings. The Balaban J connectivity index is 2.22. The van der Waals surface area contributed by atoms with Gasteiger partial charge in [0.2, 0.25) is 5.91 Å². The number of anilines is 1. The first-order valence-corrected chi connectivity index (χ1v) is 9.27. The van der Waals surface area contributed by atoms with E-state index < -0.39 is 23.2 Å². The van der Waals surface area contributed by atoms with Crippen LogP contribution in [0.1, 0.15) is 23.5 Å². The first kappa shape index (κ1) is 20.0. The maximum atomic E-state index is 13.4. The summed E-state index contributed by atoms with van der Waals surface area (Å²) in [6.07, 6.45) is 2.16. The average Bonchev–Trinajstić information content (AvgIpc) is 2.83. The fourth-order valence-corrected chi connectivity index (χ4v) is 4.04. The Bertz CT molecular complexity index is 909. The Kier molecular flexibility index (Phi) is 5.75. The molecule has 2 atom stereocenters. The standard InChI is InChI=1S/C22H22ClNO4/c1-4-11-22(21(26)28-3)18(14-5-8-17(27-2)9-6-14)13-15-12-16(23)7-10-19(15)24-20(22)25/h4-10,12,18H,1,11,13H2,2-3H3,(H,24,25). The zero-order valence-corrected chi connectivity index (χ0v) is 16.6. The number of nitrogens with one attached hydrogen (secondary N) is 1. The van der Waals surface area contributed by atoms with Crippen molar-refractivity contribution < 1.29 is 19.1 Å². The van der Waals surface area contributed by atoms with Crippen LogP contribution in [0, 0.1) is 5.41 Å². The second-order valence-electron chi connectivity index (χ2n) is 6.74. The van der Waals surface area contributed by atoms with Gasteiger partial charge < -0.3 is 14.8 Å². The zero-order valence-electron chi connectivity index (χ0n) is 15.8. The molecule has 0 aliphatic carbocycles. The minimum atomic E-state index is -1.45. The van der Waals surface area contributed by atoms with Crippen molar-refractivity contribution in [3.8, 4) is 5.75 Å². The quantitative estimate of drug-likeness (QED) is 0.461. The van der Waals surface area contributed by atoms with Crippen molar-refractivity contribution in [3.63, 3.8) is 0 Å². The fraction of sp³-hybridized carbons (Fsp3) is 0.273. The number of carbonyl (C=O) groups is 2. The van der Waals surface area contributed by atoms with Crippen LogP contribution in [0.2, 0.25) is 5.02 Å². The first-order chi connectivity index (χ1) is 13.5. The summed E-state index contributed by atoms with van der Waals surface area (Å²) in [4.78, 5) is 26.3. The van der Waals surface area contributed by atoms with Gasteiger partial charge in [-0.2, -0.15) is 0 Å². The molecule has 0 fully saturated rings. The maximum Gasteiger partial charge on any atom is 0.322 e. The van der Waals surface area contributed by atoms with E-state index in [1.54, 1.807) is 25.3 Å². The smallest absolute Gasteiger partial charge is 0.322 e. The molecule has 6 heteroatoms. The Hall–Kier alpha value is -2.79. The molecule has 0 bridgehead atoms. The van der Waals surface area contributed by atoms with Crippen molar-refractivity contribution in [2.24, 2.45) is 5.41 Å². The minimum Gasteiger partial charge on any atom is -0.497 e. The minimum absolute atomic E-state index is 0.143. The average molecular weight is 400 g/mol. The summed E-state index contributed by atoms with van der Waals surface area (Å²) in [5, 5.41) is 3.46. The van der Waals surface area contributed by atoms with Gasteiger partial charge in [0, 0.05) is 16.6 Å². The normalized spacial score (nSPS) is 21.1. The van der Waals surface area contributed by atoms with Crippen LogP contribution in [-0.2, 0) is 20.7 Å². The molecule has 1 aliphatic heterocycles. The molecule has 2 unspecified atom stereocenters. The molecule has 1 N–H and O–H groups in total. The highest BCUT2D eigenvalue weighted by molar-refractivity contribution is 6.30. The summed E-state index contributed by atoms with van der Waals surface area (Å²) < 4.78 is 10.3. The van der Waals surface area contributed by atoms with E-state index in [0.717, 1.165) is 11.1 Å². The Labute approximate surface area is 169 Å². The van der Waals surface area contributed by atoms with E-state index >= 15 is 0 Å². The van der Waals surface area contributed by atoms with Crippen LogP contribution in [-0.4, -0.2) is 26.1 Å². The van der Waals surface area contributed by atoms with Crippen LogP contribution in [0.3, 0.4) is 0 Å². The number of allylic oxidation sites excluding steroid dienone is 1. The molecule has 146 valence electrons. The summed E-state index contributed by atoms with van der Waals surface area (Å²) in [6, 6.07) is 12.6. The largest absolute Gasteiger partial charge is 0.497 e. The number of hydrogen-bond donors (Lipinski definition) is 1. The number of halogens is 1. The molecule has 0 saturated heterocycles. The molecule has 0 saturated carbocycles. The summed E-state index contributed by atoms with van der Waals surface area (Å²) in [5.74, 6) is -0.785. The van der Waals surface area contributed by atoms with Crippen LogP contribution in [0.4, 0.5) is 5.69 Å². The summed E-state index contributed by atoms with van der Waals surface area (Å²) in [6.45, 7) is 3.77. The Morgan fingerprint density at radius 1 is 1.29 bits per heavy atom. The first-order valence-electron chi connectivity index (χ1n) is 8.89. The van der Waals surface area contributed by atoms with E-state index in [0.29, 0.717) is 22.9 Å². The van der Waals surface area contributed by atoms with Crippen molar-refractivity contribution in [1.29, 1.82) is 0 Å². The van der Waals surface area contributed by atoms with Crippen LogP contribution in [0.5, 0.6) is 5.75 Å². The third kappa shape index (κ3) is 3.38. The fourth-order valence-electron chi connectivity index (χ4n) is 3.84. The van der Waals surface area contributed by atoms with Crippen LogP contribution in [0.15, 0.2) is 55.1 Å². The van der Waals surface area contributed by atoms with Gasteiger partial charge in [0.05, 0.1) is 14.2 Å². The molecule has 28 heavy (non-hydrogen) atoms. The van der Waals surface area contributed by atoms with E-state index in [2.05, 4.69) is 11.9 Å². The second-order valence-corrected chi connectivity index (χ2v) is 7.18. The molecule has 0 spiro atoms. The number of benzene rings is 2. The Morgan fingerprint density at radius 3 is 2.61 bits per heavy atom. The van der Waals surface area contributed by atoms with Crippen molar-refractivity contribution in [2.45, 2.75) is 18.8 Å². The summed E-state index contributed by atoms with van der Waals surface area (Å²) in [5.41, 5.74) is 0.881. The molecule has 1 aliphatic rings. The van der Waals surface area contributed by atoms with Crippen molar-refractivity contribution in [1.82, 2.24) is 0 Å². The van der Waals surface area contributed by atoms with E-state index in [9.17, 15) is 9.59 Å². The predicted molar refractivity (Wildman–Crippen MR) is 109 cm³/mol. The number of methoxy groups -OCH3 is 2. The van der Waals surface area contributed by atoms with Gasteiger partial charge >= 0.3 is 5.97 Å². The van der Waals surface area contributed by atoms with Crippen LogP contribution < -0.4 is 10.1 Å². The zero-order chi connectivity index (χ0) is 20.3. The molecule has 0 radical (unpaired) electrons. The van der Waals surface area contributed by atoms with E-state index in [4.69, 9.17) is 21.1 Å². The van der Waals surface area contributed by atoms with Crippen LogP contribution in [0.25, 0.3) is 0 Å². The number of ether oxygens (including phenoxy) is 2. The van der Waals surface area contributed by atoms with E-state index in [1.807, 2.05) is 30.3 Å². The monoisotopic (exact) mass is 399 g/mol. The van der Waals surface area contributed by atoms with Gasteiger partial charge in [-0.1, -0.05) is 29.8 Å². The van der Waals surface area contributed by atoms with Crippen molar-refractivity contribution in [3.05, 3.63) is 71.3 Å². The summed E-state index contributed by atoms with van der Waals surface area (Å²) >= 11 is 6.18. The number of carbonyl (C=O) groups excluding carboxylic acids is 2. The maximum absolute atomic E-state index is 13.4. The lowest BCUT2D eigenvalue weighted by Crippen LogP contribution is -2.47. The van der Waals surface area contributed by atoms with Gasteiger partial charge in [-0.15, -0.1) is 6.58 Å². The van der Waals surface area contributed by atoms with Gasteiger partial charge in [0.25, 0.3) is 0 Å². The molecule has 3 rings (SSSR count). The SMILES string of the molecule is C=CCC1(C(=O)OC)C(=O)Nc2ccc(Cl)cc2CC1c1ccc(OC)cc1. The van der Waals surface area contributed by atoms with Gasteiger partial charge in [-0.05, 0) is 54.3 Å². The van der Waals surface area contributed by atoms with E-state index in [1.165, 1.54) is 7.11 Å². The molecule has 0 aromatic heterocycles. The molecular weight excluding hydrogens is 378 g/mol. The van der Waals surface area contributed by atoms with Gasteiger partial charge in [0.15, 0.2) is 5.41 Å². The number of hydrogen-bond acceptors (Lipinski definition) is 4. The van der Waals surface area contributed by atoms with Crippen LogP contribution >= 0.6 is 11.6 Å². The third-order valence-corrected chi connectivity index (χ3v) is 5.51. The highest BCUT2D eigenvalue weighted by atomic mass is 35.5. The molecule has 1 amide bonds. The Morgan fingerprint density at radius 2 is 2.00 bits per heavy atom. The highest BCUT2D eigenvalue weighted by Gasteiger charge is 2.54. The molecule has 1 heterocycles. The molecule has 2 aromatic carbocycles. The lowest BCUT2D eigenvalue weighted by molar-refractivity contribution is -0.158. The summed E-state index contributed by atoms with van der Waals surface area (Å²) in [7, 11) is 2.88. The predicted octanol–water partition coefficient (Wildman–Crippen LogP) is 4.36. The topological polar surface area (TPSA) is 64.6 Å². The number of amides is 1. The van der Waals surface area contributed by atoms with E-state index in [-0.39, 0.29) is 6.42 Å². The van der Waals surface area contributed by atoms with Gasteiger partial charge in [0.1, 0.15) is 5.75 Å². The number of esters is 1. The lowest BCUT2D eigenvalue weighted by Gasteiger charge is -2.35. The highest BCUT2D eigenvalue weighted by Crippen LogP contribution is 2.47. The van der Waals surface area contributed by atoms with Gasteiger partial charge in [-0.25, -0.2) is 0 Å². The number of fused-ring (bicyclic) bond motifs is 1. The van der Waals surface area contributed by atoms with Gasteiger partial charge in [-0.3, -0.25) is 9.59 Å². The molecular formula is C22H22ClNO4. The van der Waals surface area contributed by atoms with Crippen molar-refractivity contribution >= 4 is 29.2 Å². The van der Waals surface area contributed by atoms with Crippen molar-refractivity contribution in [2.75, 3.05) is 19.5 Å². The third-order valence-electron chi connectivity index (χ3n) is 5.27.